The lowest BCUT2D eigenvalue weighted by atomic mass is 9.99. The number of aliphatic hydroxyl groups is 8. The Hall–Kier alpha value is -11.6. The van der Waals surface area contributed by atoms with Crippen molar-refractivity contribution >= 4 is 29.8 Å². The van der Waals surface area contributed by atoms with Crippen LogP contribution in [0.15, 0.2) is 209 Å². The van der Waals surface area contributed by atoms with Crippen LogP contribution in [0.5, 0.6) is 0 Å². The van der Waals surface area contributed by atoms with E-state index in [-0.39, 0.29) is 17.4 Å². The van der Waals surface area contributed by atoms with Gasteiger partial charge in [0, 0.05) is 56.0 Å². The van der Waals surface area contributed by atoms with Gasteiger partial charge in [-0.3, -0.25) is 62.2 Å². The van der Waals surface area contributed by atoms with Gasteiger partial charge >= 0.3 is 52.6 Å². The summed E-state index contributed by atoms with van der Waals surface area (Å²) in [7, 11) is 0. The van der Waals surface area contributed by atoms with Gasteiger partial charge in [0.15, 0.2) is 43.2 Å². The minimum absolute atomic E-state index is 0.0999. The normalized spacial score (nSPS) is 22.2. The van der Waals surface area contributed by atoms with Crippen molar-refractivity contribution in [2.24, 2.45) is 11.8 Å². The Balaban J connectivity index is 0.000000210. The van der Waals surface area contributed by atoms with E-state index in [1.807, 2.05) is 44.6 Å². The summed E-state index contributed by atoms with van der Waals surface area (Å²) in [6.45, 7) is 13.5. The summed E-state index contributed by atoms with van der Waals surface area (Å²) >= 11 is 0. The van der Waals surface area contributed by atoms with Gasteiger partial charge in [0.1, 0.15) is 36.6 Å². The number of H-pyrrole nitrogens is 4. The number of carbonyl (C=O) groups excluding carboxylic acids is 5. The zero-order valence-corrected chi connectivity index (χ0v) is 65.4. The summed E-state index contributed by atoms with van der Waals surface area (Å²) in [5, 5.41) is 75.0. The van der Waals surface area contributed by atoms with Crippen LogP contribution in [0.2, 0.25) is 0 Å². The molecule has 4 aromatic heterocycles. The van der Waals surface area contributed by atoms with Gasteiger partial charge in [-0.1, -0.05) is 107 Å². The Kier molecular flexibility index (Phi) is 35.4. The fourth-order valence-electron chi connectivity index (χ4n) is 12.0. The van der Waals surface area contributed by atoms with Crippen LogP contribution in [0.25, 0.3) is 0 Å². The van der Waals surface area contributed by atoms with Crippen molar-refractivity contribution in [3.8, 4) is 0 Å². The zero-order chi connectivity index (χ0) is 86.8. The number of hydrogen-bond acceptors (Lipinski definition) is 31. The molecule has 638 valence electrons. The molecule has 3 aliphatic rings. The van der Waals surface area contributed by atoms with E-state index in [1.54, 1.807) is 128 Å². The van der Waals surface area contributed by atoms with Gasteiger partial charge < -0.3 is 88.2 Å². The first kappa shape index (κ1) is 93.6. The van der Waals surface area contributed by atoms with Gasteiger partial charge in [0.25, 0.3) is 22.2 Å². The second-order valence-corrected chi connectivity index (χ2v) is 27.5. The molecule has 3 saturated heterocycles. The number of aromatic nitrogens is 8. The quantitative estimate of drug-likeness (QED) is 0.0259. The molecule has 118 heavy (non-hydrogen) atoms. The molecule has 0 aliphatic carbocycles. The highest BCUT2D eigenvalue weighted by molar-refractivity contribution is 5.91. The smallest absolute Gasteiger partial charge is 0.338 e. The lowest BCUT2D eigenvalue weighted by Crippen LogP contribution is -2.43. The van der Waals surface area contributed by atoms with Crippen molar-refractivity contribution in [3.63, 3.8) is 0 Å². The number of aromatic amines is 4. The molecule has 3 aliphatic heterocycles. The molecule has 8 unspecified atom stereocenters. The summed E-state index contributed by atoms with van der Waals surface area (Å²) in [4.78, 5) is 162. The van der Waals surface area contributed by atoms with Crippen molar-refractivity contribution in [1.82, 2.24) is 38.2 Å². The molecule has 39 heteroatoms. The molecular formula is C79H96N8O31. The number of carbonyl (C=O) groups is 5. The van der Waals surface area contributed by atoms with Crippen molar-refractivity contribution in [2.45, 2.75) is 185 Å². The van der Waals surface area contributed by atoms with Crippen molar-refractivity contribution in [3.05, 3.63) is 276 Å². The predicted molar refractivity (Wildman–Crippen MR) is 412 cm³/mol. The van der Waals surface area contributed by atoms with Crippen molar-refractivity contribution in [2.75, 3.05) is 19.8 Å². The molecule has 19 atom stereocenters. The predicted octanol–water partition coefficient (Wildman–Crippen LogP) is 0.449. The third-order valence-corrected chi connectivity index (χ3v) is 18.0. The summed E-state index contributed by atoms with van der Waals surface area (Å²) in [6.07, 6.45) is -13.5. The van der Waals surface area contributed by atoms with Crippen LogP contribution >= 0.6 is 0 Å². The van der Waals surface area contributed by atoms with Crippen molar-refractivity contribution < 1.29 is 112 Å². The molecule has 8 aromatic rings. The number of rotatable bonds is 26. The summed E-state index contributed by atoms with van der Waals surface area (Å²) in [6, 6.07) is 38.1. The third-order valence-electron chi connectivity index (χ3n) is 18.0. The molecule has 12 N–H and O–H groups in total. The number of esters is 5. The largest absolute Gasteiger partial charge is 0.452 e. The summed E-state index contributed by atoms with van der Waals surface area (Å²) in [5.74, 6) is -3.35. The molecule has 7 heterocycles. The minimum atomic E-state index is -1.37. The average molecular weight is 1650 g/mol. The van der Waals surface area contributed by atoms with Gasteiger partial charge in [-0.15, -0.1) is 0 Å². The molecule has 3 fully saturated rings. The molecule has 0 spiro atoms. The number of hydrogen-bond donors (Lipinski definition) is 12. The first-order chi connectivity index (χ1) is 56.1. The standard InChI is InChI=1S/C25H24N2O7.C23H24O7.C11H18N2O5.C10H14N2O6.C10H16N2O6/c1-15(2)19-20(33-23(29)16-9-5-3-6-10-16)21(34-24(30)17-11-7-4-8-12-17)22(32-19)27-14-13-18(28)26-25(27)31;1-14(2)18-19(28-21(25)16-10-6-4-7-11-16)20(23(30-18)27-15(3)24)29-22(26)17-12-8-5-9-13-17;1-3-8(7(2)15)18-10(6-14)13-5-4-9(16)12-11(13)17;1-4(13)8-6(15)7(16)9(18-8)12-3-2-5(14)11-10(12)17;1-6(15)7(4-13)18-9(5-14)12-3-2-8(16)11-10(12)17/h3-15,19-22H,1-2H3,(H,26,28,31);4-14,18-20,23H,1-3H3;4-5,7-8,10,14-15H,3,6H2,1-2H3,(H,12,16,17);2-4,6-9,13,15-16H,1H3,(H,11,14,17);2-3,6-7,9,13-15H,4-5H2,1H3,(H,11,16,17)/t19-,20-,21?,22+;18-,19-,20?,23?;7-,8?,10?;4-,6-,7?,8+,9-;6-,7?,9?/m00010/s1. The lowest BCUT2D eigenvalue weighted by Gasteiger charge is -2.26. The summed E-state index contributed by atoms with van der Waals surface area (Å²) < 4.78 is 60.1. The van der Waals surface area contributed by atoms with Crippen LogP contribution in [0.3, 0.4) is 0 Å². The van der Waals surface area contributed by atoms with Crippen molar-refractivity contribution in [1.29, 1.82) is 0 Å². The number of nitrogens with one attached hydrogen (secondary N) is 4. The SMILES string of the molecule is CC(=O)OC1O[C@@H](C(C)C)[C@H](OC(=O)c2ccccc2)C1OC(=O)c1ccccc1.CC(C)[C@@H]1O[C@@H](n2ccc(=O)[nH]c2=O)C(OC(=O)c2ccccc2)[C@H]1OC(=O)c1ccccc1.CCC(OC(CO)n1ccc(=O)[nH]c1=O)[C@H](C)O.C[C@@H](O)[C@@H]1O[C@@H](n2ccc(=O)[nH]c2=O)C(O)[C@H]1O.C[C@H](O)C(CO)OC(CO)n1ccc(=O)[nH]c1=O. The monoisotopic (exact) mass is 1650 g/mol. The first-order valence-corrected chi connectivity index (χ1v) is 37.1. The molecule has 11 rings (SSSR count). The van der Waals surface area contributed by atoms with E-state index in [4.69, 9.17) is 57.6 Å². The van der Waals surface area contributed by atoms with E-state index >= 15 is 0 Å². The van der Waals surface area contributed by atoms with E-state index in [2.05, 4.69) is 9.97 Å². The topological polar surface area (TPSA) is 559 Å². The van der Waals surface area contributed by atoms with Gasteiger partial charge in [-0.25, -0.2) is 38.4 Å². The van der Waals surface area contributed by atoms with E-state index in [1.165, 1.54) is 39.4 Å². The van der Waals surface area contributed by atoms with E-state index in [0.29, 0.717) is 23.1 Å². The van der Waals surface area contributed by atoms with E-state index in [0.717, 1.165) is 48.7 Å². The van der Waals surface area contributed by atoms with Crippen LogP contribution in [0.4, 0.5) is 0 Å². The van der Waals surface area contributed by atoms with Gasteiger partial charge in [-0.2, -0.15) is 0 Å². The zero-order valence-electron chi connectivity index (χ0n) is 65.4. The van der Waals surface area contributed by atoms with Crippen LogP contribution < -0.4 is 45.0 Å². The molecule has 39 nitrogen and oxygen atoms in total. The molecule has 0 bridgehead atoms. The van der Waals surface area contributed by atoms with Crippen LogP contribution in [0, 0.1) is 11.8 Å². The van der Waals surface area contributed by atoms with E-state index < -0.39 is 211 Å². The Labute approximate surface area is 670 Å². The van der Waals surface area contributed by atoms with E-state index in [9.17, 15) is 93.0 Å². The Morgan fingerprint density at radius 3 is 1.05 bits per heavy atom. The van der Waals surface area contributed by atoms with Gasteiger partial charge in [0.2, 0.25) is 12.4 Å². The van der Waals surface area contributed by atoms with Gasteiger partial charge in [0.05, 0.1) is 66.5 Å². The first-order valence-electron chi connectivity index (χ1n) is 37.1. The fourth-order valence-corrected chi connectivity index (χ4v) is 12.0. The third kappa shape index (κ3) is 25.7. The van der Waals surface area contributed by atoms with Crippen LogP contribution in [-0.4, -0.2) is 220 Å². The highest BCUT2D eigenvalue weighted by atomic mass is 16.7. The maximum absolute atomic E-state index is 12.9. The minimum Gasteiger partial charge on any atom is -0.452 e. The highest BCUT2D eigenvalue weighted by Crippen LogP contribution is 2.38. The van der Waals surface area contributed by atoms with Crippen LogP contribution in [-0.2, 0) is 52.2 Å². The second kappa shape index (κ2) is 44.7. The molecular weight excluding hydrogens is 1560 g/mol. The number of aliphatic hydroxyl groups excluding tert-OH is 8. The Morgan fingerprint density at radius 1 is 0.398 bits per heavy atom. The Morgan fingerprint density at radius 2 is 0.729 bits per heavy atom. The highest BCUT2D eigenvalue weighted by Gasteiger charge is 2.54. The number of benzene rings is 4. The molecule has 0 radical (unpaired) electrons. The summed E-state index contributed by atoms with van der Waals surface area (Å²) in [5.41, 5.74) is -3.87. The Bertz CT molecular complexity index is 4960. The number of nitrogens with zero attached hydrogens (tertiary/aromatic N) is 4. The maximum atomic E-state index is 12.9. The van der Waals surface area contributed by atoms with Crippen LogP contribution in [0.1, 0.15) is 135 Å². The fraction of sp³-hybridized carbons (Fsp3) is 0.430. The molecule has 0 saturated carbocycles. The van der Waals surface area contributed by atoms with Gasteiger partial charge in [-0.05, 0) is 87.6 Å². The second-order valence-electron chi connectivity index (χ2n) is 27.5. The maximum Gasteiger partial charge on any atom is 0.338 e. The molecule has 0 amide bonds. The average Bonchev–Trinajstić information content (AvgIpc) is 1.62. The number of ether oxygens (including phenoxy) is 10. The lowest BCUT2D eigenvalue weighted by molar-refractivity contribution is -0.188. The molecule has 4 aromatic carbocycles.